The molecular weight excluding hydrogens is 404 g/mol. The van der Waals surface area contributed by atoms with Crippen molar-refractivity contribution < 1.29 is 23.1 Å². The number of allylic oxidation sites excluding steroid dienone is 2. The van der Waals surface area contributed by atoms with E-state index in [9.17, 15) is 13.5 Å². The number of ether oxygens (including phenoxy) is 1. The molecule has 0 heterocycles. The van der Waals surface area contributed by atoms with Crippen molar-refractivity contribution in [3.8, 4) is 0 Å². The molecule has 2 N–H and O–H groups in total. The number of hydrogen-bond acceptors (Lipinski definition) is 7. The molecule has 0 aliphatic rings. The molecule has 0 aliphatic heterocycles. The highest BCUT2D eigenvalue weighted by Gasteiger charge is 2.18. The van der Waals surface area contributed by atoms with E-state index in [2.05, 4.69) is 32.3 Å². The average Bonchev–Trinajstić information content (AvgIpc) is 2.71. The molecule has 1 unspecified atom stereocenters. The lowest BCUT2D eigenvalue weighted by molar-refractivity contribution is -0.0918. The Kier molecular flexibility index (Phi) is 14.8. The number of hydroxylamine groups is 2. The van der Waals surface area contributed by atoms with Crippen molar-refractivity contribution in [1.82, 2.24) is 10.4 Å². The third-order valence-electron chi connectivity index (χ3n) is 5.14. The molecule has 8 heteroatoms. The first-order chi connectivity index (χ1) is 14.1. The minimum atomic E-state index is -2.46. The van der Waals surface area contributed by atoms with E-state index in [1.54, 1.807) is 13.2 Å². The van der Waals surface area contributed by atoms with E-state index in [0.29, 0.717) is 0 Å². The van der Waals surface area contributed by atoms with Crippen LogP contribution in [0.25, 0.3) is 0 Å². The van der Waals surface area contributed by atoms with Crippen molar-refractivity contribution in [3.63, 3.8) is 0 Å². The number of rotatable bonds is 18. The molecule has 0 radical (unpaired) electrons. The van der Waals surface area contributed by atoms with Crippen molar-refractivity contribution in [2.24, 2.45) is 5.41 Å². The van der Waals surface area contributed by atoms with Gasteiger partial charge in [0.15, 0.2) is 0 Å². The summed E-state index contributed by atoms with van der Waals surface area (Å²) in [4.78, 5) is 5.29. The zero-order valence-electron chi connectivity index (χ0n) is 19.4. The third-order valence-corrected chi connectivity index (χ3v) is 5.70. The Morgan fingerprint density at radius 3 is 2.47 bits per heavy atom. The van der Waals surface area contributed by atoms with Crippen LogP contribution >= 0.6 is 0 Å². The van der Waals surface area contributed by atoms with Gasteiger partial charge >= 0.3 is 0 Å². The van der Waals surface area contributed by atoms with Crippen molar-refractivity contribution in [1.29, 1.82) is 0 Å². The van der Waals surface area contributed by atoms with Gasteiger partial charge in [-0.2, -0.15) is 0 Å². The molecule has 0 aromatic carbocycles. The van der Waals surface area contributed by atoms with Crippen LogP contribution in [0, 0.1) is 5.41 Å². The van der Waals surface area contributed by atoms with Crippen molar-refractivity contribution in [2.75, 3.05) is 33.1 Å². The van der Waals surface area contributed by atoms with Gasteiger partial charge in [-0.1, -0.05) is 39.5 Å². The highest BCUT2D eigenvalue weighted by atomic mass is 32.2. The smallest absolute Gasteiger partial charge is 0.141 e. The predicted molar refractivity (Wildman–Crippen MR) is 124 cm³/mol. The molecule has 7 nitrogen and oxygen atoms in total. The summed E-state index contributed by atoms with van der Waals surface area (Å²) in [5, 5.41) is 14.5. The second-order valence-electron chi connectivity index (χ2n) is 8.21. The monoisotopic (exact) mass is 446 g/mol. The molecule has 0 aliphatic carbocycles. The maximum atomic E-state index is 10.9. The highest BCUT2D eigenvalue weighted by molar-refractivity contribution is 7.72. The van der Waals surface area contributed by atoms with Crippen molar-refractivity contribution in [2.45, 2.75) is 65.0 Å². The fraction of sp³-hybridized carbons (Fsp3) is 0.727. The fourth-order valence-electron chi connectivity index (χ4n) is 2.93. The lowest BCUT2D eigenvalue weighted by atomic mass is 9.87. The van der Waals surface area contributed by atoms with Crippen LogP contribution in [0.4, 0.5) is 0 Å². The van der Waals surface area contributed by atoms with Gasteiger partial charge in [0.25, 0.3) is 0 Å². The predicted octanol–water partition coefficient (Wildman–Crippen LogP) is 3.01. The summed E-state index contributed by atoms with van der Waals surface area (Å²) in [6.07, 6.45) is 8.08. The van der Waals surface area contributed by atoms with E-state index in [4.69, 9.17) is 9.57 Å². The van der Waals surface area contributed by atoms with E-state index in [-0.39, 0.29) is 36.5 Å². The largest absolute Gasteiger partial charge is 0.396 e. The SMILES string of the molecule is C=C/C(=C\CCC(CCCC(C)(C)CO)NC(=C)[C@H](C)OC)N(CC[SH](=O)=O)OC. The number of thiol groups is 1. The van der Waals surface area contributed by atoms with Gasteiger partial charge in [0, 0.05) is 25.5 Å². The number of hydrogen-bond donors (Lipinski definition) is 3. The number of nitrogens with one attached hydrogen (secondary N) is 1. The van der Waals surface area contributed by atoms with Gasteiger partial charge in [0.1, 0.15) is 10.7 Å². The molecule has 0 aromatic rings. The molecule has 0 rings (SSSR count). The standard InChI is InChI=1S/C22H42N2O5S/c1-8-21(24(29-7)15-16-30(26)27)13-9-11-20(23-18(2)19(3)28-6)12-10-14-22(4,5)17-25/h8,13,19-20,23,25,30H,1-2,9-12,14-17H2,3-7H3/b21-13+/t19-,20?/m0/s1. The van der Waals surface area contributed by atoms with E-state index >= 15 is 0 Å². The van der Waals surface area contributed by atoms with E-state index in [1.165, 1.54) is 12.2 Å². The van der Waals surface area contributed by atoms with Gasteiger partial charge in [-0.15, -0.1) is 0 Å². The molecule has 0 fully saturated rings. The highest BCUT2D eigenvalue weighted by Crippen LogP contribution is 2.23. The normalized spacial score (nSPS) is 14.4. The zero-order chi connectivity index (χ0) is 23.2. The molecule has 30 heavy (non-hydrogen) atoms. The fourth-order valence-corrected chi connectivity index (χ4v) is 3.28. The van der Waals surface area contributed by atoms with Crippen LogP contribution in [-0.4, -0.2) is 63.9 Å². The number of aliphatic hydroxyl groups is 1. The first-order valence-corrected chi connectivity index (χ1v) is 11.8. The minimum Gasteiger partial charge on any atom is -0.396 e. The third kappa shape index (κ3) is 12.4. The van der Waals surface area contributed by atoms with Crippen LogP contribution in [0.1, 0.15) is 52.9 Å². The maximum absolute atomic E-state index is 10.9. The van der Waals surface area contributed by atoms with Crippen LogP contribution in [-0.2, 0) is 20.3 Å². The van der Waals surface area contributed by atoms with Gasteiger partial charge in [-0.25, -0.2) is 8.42 Å². The molecule has 176 valence electrons. The van der Waals surface area contributed by atoms with Crippen LogP contribution in [0.2, 0.25) is 0 Å². The first-order valence-electron chi connectivity index (χ1n) is 10.4. The molecule has 0 spiro atoms. The number of aliphatic hydroxyl groups excluding tert-OH is 1. The molecular formula is C22H42N2O5S. The Hall–Kier alpha value is -1.35. The Labute approximate surface area is 184 Å². The average molecular weight is 447 g/mol. The van der Waals surface area contributed by atoms with E-state index in [1.807, 2.05) is 13.0 Å². The Morgan fingerprint density at radius 1 is 1.30 bits per heavy atom. The van der Waals surface area contributed by atoms with Gasteiger partial charge in [0.2, 0.25) is 0 Å². The minimum absolute atomic E-state index is 0.0217. The Bertz CT molecular complexity index is 609. The van der Waals surface area contributed by atoms with Gasteiger partial charge < -0.3 is 15.2 Å². The number of methoxy groups -OCH3 is 1. The van der Waals surface area contributed by atoms with E-state index in [0.717, 1.165) is 43.5 Å². The zero-order valence-corrected chi connectivity index (χ0v) is 20.2. The van der Waals surface area contributed by atoms with Crippen molar-refractivity contribution >= 4 is 10.7 Å². The van der Waals surface area contributed by atoms with E-state index < -0.39 is 10.7 Å². The lowest BCUT2D eigenvalue weighted by Gasteiger charge is -2.26. The second-order valence-corrected chi connectivity index (χ2v) is 9.32. The Morgan fingerprint density at radius 2 is 1.97 bits per heavy atom. The first kappa shape index (κ1) is 28.6. The molecule has 0 saturated carbocycles. The summed E-state index contributed by atoms with van der Waals surface area (Å²) in [5.41, 5.74) is 1.51. The molecule has 0 amide bonds. The molecule has 0 aromatic heterocycles. The van der Waals surface area contributed by atoms with Crippen LogP contribution in [0.15, 0.2) is 36.7 Å². The number of nitrogens with zero attached hydrogens (tertiary/aromatic N) is 1. The summed E-state index contributed by atoms with van der Waals surface area (Å²) in [5.74, 6) is 0.0217. The van der Waals surface area contributed by atoms with Crippen LogP contribution < -0.4 is 5.32 Å². The van der Waals surface area contributed by atoms with Gasteiger partial charge in [-0.3, -0.25) is 9.90 Å². The molecule has 2 atom stereocenters. The lowest BCUT2D eigenvalue weighted by Crippen LogP contribution is -2.33. The quantitative estimate of drug-likeness (QED) is 0.169. The summed E-state index contributed by atoms with van der Waals surface area (Å²) in [6, 6.07) is 0.207. The second kappa shape index (κ2) is 15.5. The topological polar surface area (TPSA) is 88.1 Å². The maximum Gasteiger partial charge on any atom is 0.141 e. The molecule has 0 saturated heterocycles. The van der Waals surface area contributed by atoms with Crippen molar-refractivity contribution in [3.05, 3.63) is 36.7 Å². The van der Waals surface area contributed by atoms with Crippen LogP contribution in [0.5, 0.6) is 0 Å². The summed E-state index contributed by atoms with van der Waals surface area (Å²) in [6.45, 7) is 14.4. The molecule has 0 bridgehead atoms. The summed E-state index contributed by atoms with van der Waals surface area (Å²) in [7, 11) is 0.709. The summed E-state index contributed by atoms with van der Waals surface area (Å²) < 4.78 is 27.1. The van der Waals surface area contributed by atoms with Gasteiger partial charge in [0.05, 0.1) is 31.2 Å². The summed E-state index contributed by atoms with van der Waals surface area (Å²) >= 11 is 0. The van der Waals surface area contributed by atoms with Crippen LogP contribution in [0.3, 0.4) is 0 Å². The Balaban J connectivity index is 5.01. The van der Waals surface area contributed by atoms with Gasteiger partial charge in [-0.05, 0) is 44.1 Å².